The summed E-state index contributed by atoms with van der Waals surface area (Å²) in [7, 11) is 0. The van der Waals surface area contributed by atoms with Crippen LogP contribution in [0.4, 0.5) is 5.69 Å². The molecular weight excluding hydrogens is 242 g/mol. The molecule has 0 aliphatic carbocycles. The van der Waals surface area contributed by atoms with E-state index in [9.17, 15) is 4.79 Å². The number of carbonyl (C=O) groups excluding carboxylic acids is 1. The van der Waals surface area contributed by atoms with E-state index in [2.05, 4.69) is 12.2 Å². The Balaban J connectivity index is 2.77. The fourth-order valence-electron chi connectivity index (χ4n) is 1.19. The summed E-state index contributed by atoms with van der Waals surface area (Å²) in [6.07, 6.45) is 3.17. The minimum Gasteiger partial charge on any atom is -0.322 e. The Bertz CT molecular complexity index is 404. The van der Waals surface area contributed by atoms with Crippen molar-refractivity contribution in [2.75, 3.05) is 11.1 Å². The molecule has 0 spiro atoms. The number of halogens is 1. The maximum absolute atomic E-state index is 11.3. The molecule has 0 bridgehead atoms. The summed E-state index contributed by atoms with van der Waals surface area (Å²) < 4.78 is 0. The van der Waals surface area contributed by atoms with E-state index in [-0.39, 0.29) is 5.91 Å². The molecule has 1 N–H and O–H groups in total. The largest absolute Gasteiger partial charge is 0.322 e. The van der Waals surface area contributed by atoms with Gasteiger partial charge in [0.15, 0.2) is 0 Å². The monoisotopic (exact) mass is 255 g/mol. The van der Waals surface area contributed by atoms with Gasteiger partial charge in [0.25, 0.3) is 0 Å². The third kappa shape index (κ3) is 3.91. The molecule has 0 aliphatic rings. The summed E-state index contributed by atoms with van der Waals surface area (Å²) in [5.41, 5.74) is 0.716. The molecule has 0 fully saturated rings. The van der Waals surface area contributed by atoms with Crippen molar-refractivity contribution in [2.24, 2.45) is 0 Å². The van der Waals surface area contributed by atoms with Crippen LogP contribution in [0.5, 0.6) is 0 Å². The van der Waals surface area contributed by atoms with Gasteiger partial charge in [0.2, 0.25) is 5.91 Å². The highest BCUT2D eigenvalue weighted by atomic mass is 35.5. The third-order valence-corrected chi connectivity index (χ3v) is 3.20. The van der Waals surface area contributed by atoms with Gasteiger partial charge >= 0.3 is 0 Å². The average molecular weight is 256 g/mol. The van der Waals surface area contributed by atoms with Gasteiger partial charge < -0.3 is 5.32 Å². The number of rotatable bonds is 4. The number of benzene rings is 1. The molecule has 0 aliphatic heterocycles. The van der Waals surface area contributed by atoms with Gasteiger partial charge in [-0.15, -0.1) is 11.8 Å². The predicted molar refractivity (Wildman–Crippen MR) is 71.3 cm³/mol. The Hall–Kier alpha value is -0.930. The van der Waals surface area contributed by atoms with Gasteiger partial charge in [-0.3, -0.25) is 4.79 Å². The number of amides is 1. The quantitative estimate of drug-likeness (QED) is 0.652. The van der Waals surface area contributed by atoms with Crippen molar-refractivity contribution in [3.05, 3.63) is 35.4 Å². The second-order valence-electron chi connectivity index (χ2n) is 3.07. The van der Waals surface area contributed by atoms with Crippen LogP contribution in [0, 0.1) is 0 Å². The number of anilines is 1. The van der Waals surface area contributed by atoms with Gasteiger partial charge in [0.1, 0.15) is 0 Å². The number of hydrogen-bond acceptors (Lipinski definition) is 2. The van der Waals surface area contributed by atoms with Crippen LogP contribution in [-0.2, 0) is 4.79 Å². The van der Waals surface area contributed by atoms with Crippen LogP contribution in [0.25, 0.3) is 0 Å². The van der Waals surface area contributed by atoms with Crippen molar-refractivity contribution >= 4 is 35.0 Å². The van der Waals surface area contributed by atoms with Gasteiger partial charge in [0, 0.05) is 10.6 Å². The van der Waals surface area contributed by atoms with Crippen LogP contribution in [-0.4, -0.2) is 11.7 Å². The first kappa shape index (κ1) is 13.1. The normalized spacial score (nSPS) is 10.7. The zero-order valence-electron chi connectivity index (χ0n) is 9.29. The number of thioether (sulfide) groups is 1. The minimum absolute atomic E-state index is 0.144. The van der Waals surface area contributed by atoms with Crippen LogP contribution < -0.4 is 5.32 Å². The topological polar surface area (TPSA) is 29.1 Å². The van der Waals surface area contributed by atoms with E-state index in [0.717, 1.165) is 10.6 Å². The standard InChI is InChI=1S/C12H14ClNOS/c1-3-5-12(15)14-9-6-7-11(16-4-2)10(13)8-9/h3,5-8H,4H2,1-2H3,(H,14,15). The second kappa shape index (κ2) is 6.61. The molecule has 0 heterocycles. The van der Waals surface area contributed by atoms with E-state index in [1.54, 1.807) is 30.8 Å². The van der Waals surface area contributed by atoms with Gasteiger partial charge in [-0.25, -0.2) is 0 Å². The molecule has 0 atom stereocenters. The van der Waals surface area contributed by atoms with Crippen LogP contribution >= 0.6 is 23.4 Å². The summed E-state index contributed by atoms with van der Waals surface area (Å²) in [5.74, 6) is 0.832. The number of allylic oxidation sites excluding steroid dienone is 1. The minimum atomic E-state index is -0.144. The molecule has 4 heteroatoms. The van der Waals surface area contributed by atoms with Crippen molar-refractivity contribution < 1.29 is 4.79 Å². The van der Waals surface area contributed by atoms with Crippen molar-refractivity contribution in [1.29, 1.82) is 0 Å². The summed E-state index contributed by atoms with van der Waals surface area (Å²) in [6.45, 7) is 3.87. The molecule has 0 saturated heterocycles. The van der Waals surface area contributed by atoms with Crippen LogP contribution in [0.15, 0.2) is 35.2 Å². The summed E-state index contributed by atoms with van der Waals surface area (Å²) >= 11 is 7.76. The Morgan fingerprint density at radius 2 is 2.31 bits per heavy atom. The first-order valence-corrected chi connectivity index (χ1v) is 6.39. The number of hydrogen-bond donors (Lipinski definition) is 1. The molecule has 0 saturated carbocycles. The van der Waals surface area contributed by atoms with Crippen LogP contribution in [0.2, 0.25) is 5.02 Å². The Kier molecular flexibility index (Phi) is 5.43. The maximum Gasteiger partial charge on any atom is 0.248 e. The van der Waals surface area contributed by atoms with Gasteiger partial charge in [0.05, 0.1) is 5.02 Å². The fourth-order valence-corrected chi connectivity index (χ4v) is 2.20. The Morgan fingerprint density at radius 1 is 1.56 bits per heavy atom. The van der Waals surface area contributed by atoms with E-state index < -0.39 is 0 Å². The molecule has 1 aromatic rings. The third-order valence-electron chi connectivity index (χ3n) is 1.82. The van der Waals surface area contributed by atoms with E-state index in [1.165, 1.54) is 6.08 Å². The van der Waals surface area contributed by atoms with Crippen LogP contribution in [0.3, 0.4) is 0 Å². The summed E-state index contributed by atoms with van der Waals surface area (Å²) in [5, 5.41) is 3.40. The van der Waals surface area contributed by atoms with Crippen molar-refractivity contribution in [1.82, 2.24) is 0 Å². The van der Waals surface area contributed by atoms with Crippen molar-refractivity contribution in [3.63, 3.8) is 0 Å². The predicted octanol–water partition coefficient (Wildman–Crippen LogP) is 3.97. The highest BCUT2D eigenvalue weighted by Crippen LogP contribution is 2.29. The Labute approximate surface area is 105 Å². The first-order valence-electron chi connectivity index (χ1n) is 5.03. The van der Waals surface area contributed by atoms with Crippen molar-refractivity contribution in [3.8, 4) is 0 Å². The number of nitrogens with one attached hydrogen (secondary N) is 1. The first-order chi connectivity index (χ1) is 7.67. The lowest BCUT2D eigenvalue weighted by Gasteiger charge is -2.06. The van der Waals surface area contributed by atoms with E-state index in [1.807, 2.05) is 12.1 Å². The molecule has 0 unspecified atom stereocenters. The van der Waals surface area contributed by atoms with E-state index in [4.69, 9.17) is 11.6 Å². The molecule has 0 radical (unpaired) electrons. The lowest BCUT2D eigenvalue weighted by Crippen LogP contribution is -2.07. The highest BCUT2D eigenvalue weighted by Gasteiger charge is 2.03. The molecule has 86 valence electrons. The zero-order chi connectivity index (χ0) is 12.0. The molecule has 1 rings (SSSR count). The smallest absolute Gasteiger partial charge is 0.248 e. The van der Waals surface area contributed by atoms with E-state index in [0.29, 0.717) is 10.7 Å². The van der Waals surface area contributed by atoms with Gasteiger partial charge in [-0.1, -0.05) is 24.6 Å². The average Bonchev–Trinajstić information content (AvgIpc) is 2.22. The SMILES string of the molecule is CC=CC(=O)Nc1ccc(SCC)c(Cl)c1. The lowest BCUT2D eigenvalue weighted by atomic mass is 10.3. The zero-order valence-corrected chi connectivity index (χ0v) is 10.9. The fraction of sp³-hybridized carbons (Fsp3) is 0.250. The van der Waals surface area contributed by atoms with E-state index >= 15 is 0 Å². The van der Waals surface area contributed by atoms with Crippen LogP contribution in [0.1, 0.15) is 13.8 Å². The summed E-state index contributed by atoms with van der Waals surface area (Å²) in [6, 6.07) is 5.54. The summed E-state index contributed by atoms with van der Waals surface area (Å²) in [4.78, 5) is 12.3. The molecule has 2 nitrogen and oxygen atoms in total. The molecule has 1 amide bonds. The molecular formula is C12H14ClNOS. The van der Waals surface area contributed by atoms with Crippen molar-refractivity contribution in [2.45, 2.75) is 18.7 Å². The molecule has 16 heavy (non-hydrogen) atoms. The molecule has 1 aromatic carbocycles. The lowest BCUT2D eigenvalue weighted by molar-refractivity contribution is -0.111. The highest BCUT2D eigenvalue weighted by molar-refractivity contribution is 7.99. The van der Waals surface area contributed by atoms with Gasteiger partial charge in [-0.2, -0.15) is 0 Å². The number of carbonyl (C=O) groups is 1. The second-order valence-corrected chi connectivity index (χ2v) is 4.78. The van der Waals surface area contributed by atoms with Gasteiger partial charge in [-0.05, 0) is 37.0 Å². The molecule has 0 aromatic heterocycles. The Morgan fingerprint density at radius 3 is 2.88 bits per heavy atom. The maximum atomic E-state index is 11.3.